The largest absolute Gasteiger partial charge is 0.344 e. The van der Waals surface area contributed by atoms with E-state index in [-0.39, 0.29) is 0 Å². The highest BCUT2D eigenvalue weighted by molar-refractivity contribution is 9.10. The van der Waals surface area contributed by atoms with Crippen molar-refractivity contribution in [2.45, 2.75) is 37.6 Å². The number of nitrogens with zero attached hydrogens (tertiary/aromatic N) is 2. The molecule has 2 heterocycles. The molecule has 1 aromatic heterocycles. The second-order valence-corrected chi connectivity index (χ2v) is 8.04. The van der Waals surface area contributed by atoms with Crippen LogP contribution < -0.4 is 0 Å². The van der Waals surface area contributed by atoms with Crippen molar-refractivity contribution in [3.8, 4) is 0 Å². The van der Waals surface area contributed by atoms with Crippen molar-refractivity contribution in [3.63, 3.8) is 0 Å². The molecule has 1 aliphatic heterocycles. The van der Waals surface area contributed by atoms with E-state index in [1.807, 2.05) is 11.8 Å². The highest BCUT2D eigenvalue weighted by Crippen LogP contribution is 2.37. The molecule has 0 bridgehead atoms. The minimum atomic E-state index is 0.365. The van der Waals surface area contributed by atoms with Crippen molar-refractivity contribution in [1.29, 1.82) is 0 Å². The van der Waals surface area contributed by atoms with Crippen LogP contribution in [0.1, 0.15) is 49.2 Å². The standard InChI is InChI=1S/C14H20BrN3S2/c1-18-6-7-20-8-10(18)13-16-12(9-4-2-3-5-9)11(15)14(19)17-13/h9-10H,2-8H2,1H3,(H,16,17,19). The molecule has 0 spiro atoms. The van der Waals surface area contributed by atoms with Crippen LogP contribution in [0.3, 0.4) is 0 Å². The molecule has 1 saturated heterocycles. The first-order chi connectivity index (χ1) is 9.66. The fraction of sp³-hybridized carbons (Fsp3) is 0.714. The Morgan fingerprint density at radius 3 is 2.85 bits per heavy atom. The molecule has 3 rings (SSSR count). The average Bonchev–Trinajstić information content (AvgIpc) is 2.96. The molecule has 6 heteroatoms. The van der Waals surface area contributed by atoms with Crippen LogP contribution in [-0.4, -0.2) is 40.0 Å². The Kier molecular flexibility index (Phi) is 4.85. The fourth-order valence-electron chi connectivity index (χ4n) is 3.12. The number of nitrogens with one attached hydrogen (secondary N) is 1. The lowest BCUT2D eigenvalue weighted by Gasteiger charge is -2.31. The van der Waals surface area contributed by atoms with Gasteiger partial charge in [-0.25, -0.2) is 4.98 Å². The molecule has 1 N–H and O–H groups in total. The van der Waals surface area contributed by atoms with Gasteiger partial charge in [0.1, 0.15) is 10.5 Å². The van der Waals surface area contributed by atoms with Crippen molar-refractivity contribution in [3.05, 3.63) is 20.6 Å². The predicted octanol–water partition coefficient (Wildman–Crippen LogP) is 4.28. The number of halogens is 1. The number of hydrogen-bond donors (Lipinski definition) is 1. The van der Waals surface area contributed by atoms with E-state index in [2.05, 4.69) is 37.8 Å². The first kappa shape index (κ1) is 15.0. The zero-order chi connectivity index (χ0) is 14.1. The maximum atomic E-state index is 5.47. The van der Waals surface area contributed by atoms with E-state index < -0.39 is 0 Å². The Morgan fingerprint density at radius 2 is 2.15 bits per heavy atom. The van der Waals surface area contributed by atoms with Gasteiger partial charge in [0.05, 0.1) is 10.5 Å². The highest BCUT2D eigenvalue weighted by atomic mass is 79.9. The summed E-state index contributed by atoms with van der Waals surface area (Å²) in [6.07, 6.45) is 5.19. The van der Waals surface area contributed by atoms with E-state index >= 15 is 0 Å². The van der Waals surface area contributed by atoms with Gasteiger partial charge >= 0.3 is 0 Å². The molecule has 3 nitrogen and oxygen atoms in total. The summed E-state index contributed by atoms with van der Waals surface area (Å²) in [5, 5.41) is 0. The Labute approximate surface area is 138 Å². The second-order valence-electron chi connectivity index (χ2n) is 5.71. The second kappa shape index (κ2) is 6.46. The third-order valence-electron chi connectivity index (χ3n) is 4.38. The van der Waals surface area contributed by atoms with Crippen LogP contribution in [0.5, 0.6) is 0 Å². The van der Waals surface area contributed by atoms with Crippen molar-refractivity contribution in [2.24, 2.45) is 0 Å². The van der Waals surface area contributed by atoms with E-state index in [4.69, 9.17) is 12.2 Å². The lowest BCUT2D eigenvalue weighted by molar-refractivity contribution is 0.263. The van der Waals surface area contributed by atoms with Crippen LogP contribution in [0.2, 0.25) is 0 Å². The smallest absolute Gasteiger partial charge is 0.144 e. The molecule has 0 amide bonds. The van der Waals surface area contributed by atoms with Gasteiger partial charge in [-0.1, -0.05) is 25.1 Å². The molecule has 1 atom stereocenters. The summed E-state index contributed by atoms with van der Waals surface area (Å²) >= 11 is 11.1. The number of rotatable bonds is 2. The van der Waals surface area contributed by atoms with E-state index in [0.29, 0.717) is 16.6 Å². The van der Waals surface area contributed by atoms with Crippen molar-refractivity contribution in [1.82, 2.24) is 14.9 Å². The number of thioether (sulfide) groups is 1. The van der Waals surface area contributed by atoms with Crippen LogP contribution in [0.25, 0.3) is 0 Å². The molecule has 110 valence electrons. The molecule has 1 aliphatic carbocycles. The van der Waals surface area contributed by atoms with Gasteiger partial charge in [-0.15, -0.1) is 0 Å². The van der Waals surface area contributed by atoms with E-state index in [9.17, 15) is 0 Å². The minimum absolute atomic E-state index is 0.365. The van der Waals surface area contributed by atoms with Gasteiger partial charge in [-0.05, 0) is 35.8 Å². The third-order valence-corrected chi connectivity index (χ3v) is 6.77. The van der Waals surface area contributed by atoms with E-state index in [0.717, 1.165) is 22.6 Å². The molecule has 0 radical (unpaired) electrons. The molecular weight excluding hydrogens is 354 g/mol. The zero-order valence-electron chi connectivity index (χ0n) is 11.7. The maximum Gasteiger partial charge on any atom is 0.144 e. The summed E-state index contributed by atoms with van der Waals surface area (Å²) in [6.45, 7) is 1.12. The molecule has 20 heavy (non-hydrogen) atoms. The summed E-state index contributed by atoms with van der Waals surface area (Å²) in [6, 6.07) is 0.365. The quantitative estimate of drug-likeness (QED) is 0.783. The minimum Gasteiger partial charge on any atom is -0.344 e. The van der Waals surface area contributed by atoms with Gasteiger partial charge in [0, 0.05) is 29.7 Å². The summed E-state index contributed by atoms with van der Waals surface area (Å²) < 4.78 is 1.72. The summed E-state index contributed by atoms with van der Waals surface area (Å²) in [5.41, 5.74) is 1.28. The Bertz CT molecular complexity index is 540. The molecule has 2 aliphatic rings. The summed E-state index contributed by atoms with van der Waals surface area (Å²) in [4.78, 5) is 10.6. The average molecular weight is 374 g/mol. The molecule has 1 unspecified atom stereocenters. The van der Waals surface area contributed by atoms with Gasteiger partial charge in [0.2, 0.25) is 0 Å². The van der Waals surface area contributed by atoms with Crippen LogP contribution in [-0.2, 0) is 0 Å². The Balaban J connectivity index is 1.97. The normalized spacial score (nSPS) is 25.2. The zero-order valence-corrected chi connectivity index (χ0v) is 14.9. The van der Waals surface area contributed by atoms with Gasteiger partial charge in [0.15, 0.2) is 0 Å². The van der Waals surface area contributed by atoms with Crippen LogP contribution in [0.15, 0.2) is 4.47 Å². The molecule has 1 aromatic rings. The third kappa shape index (κ3) is 2.98. The Morgan fingerprint density at radius 1 is 1.40 bits per heavy atom. The fourth-order valence-corrected chi connectivity index (χ4v) is 5.06. The predicted molar refractivity (Wildman–Crippen MR) is 91.0 cm³/mol. The summed E-state index contributed by atoms with van der Waals surface area (Å²) in [7, 11) is 2.18. The van der Waals surface area contributed by atoms with Gasteiger partial charge < -0.3 is 4.98 Å². The lowest BCUT2D eigenvalue weighted by atomic mass is 10.0. The number of hydrogen-bond acceptors (Lipinski definition) is 4. The van der Waals surface area contributed by atoms with Crippen molar-refractivity contribution >= 4 is 39.9 Å². The van der Waals surface area contributed by atoms with Gasteiger partial charge in [-0.3, -0.25) is 4.90 Å². The topological polar surface area (TPSA) is 31.9 Å². The molecule has 2 fully saturated rings. The van der Waals surface area contributed by atoms with Gasteiger partial charge in [0.25, 0.3) is 0 Å². The molecule has 0 aromatic carbocycles. The van der Waals surface area contributed by atoms with Gasteiger partial charge in [-0.2, -0.15) is 11.8 Å². The number of aromatic amines is 1. The SMILES string of the molecule is CN1CCSCC1c1nc(=S)c(Br)c(C2CCCC2)[nH]1. The van der Waals surface area contributed by atoms with Crippen molar-refractivity contribution < 1.29 is 0 Å². The molecular formula is C14H20BrN3S2. The molecule has 1 saturated carbocycles. The Hall–Kier alpha value is 0.0900. The first-order valence-electron chi connectivity index (χ1n) is 7.24. The number of aromatic nitrogens is 2. The van der Waals surface area contributed by atoms with Crippen molar-refractivity contribution in [2.75, 3.05) is 25.1 Å². The summed E-state index contributed by atoms with van der Waals surface area (Å²) in [5.74, 6) is 3.98. The monoisotopic (exact) mass is 373 g/mol. The van der Waals surface area contributed by atoms with E-state index in [1.54, 1.807) is 0 Å². The van der Waals surface area contributed by atoms with E-state index in [1.165, 1.54) is 37.1 Å². The maximum absolute atomic E-state index is 5.47. The van der Waals surface area contributed by atoms with Crippen LogP contribution >= 0.6 is 39.9 Å². The lowest BCUT2D eigenvalue weighted by Crippen LogP contribution is -2.34. The van der Waals surface area contributed by atoms with Crippen LogP contribution in [0, 0.1) is 4.64 Å². The van der Waals surface area contributed by atoms with Crippen LogP contribution in [0.4, 0.5) is 0 Å². The number of H-pyrrole nitrogens is 1. The highest BCUT2D eigenvalue weighted by Gasteiger charge is 2.26. The first-order valence-corrected chi connectivity index (χ1v) is 9.60.